The van der Waals surface area contributed by atoms with Crippen molar-refractivity contribution >= 4 is 21.6 Å². The molecule has 0 aliphatic carbocycles. The van der Waals surface area contributed by atoms with Gasteiger partial charge in [0.15, 0.2) is 11.7 Å². The smallest absolute Gasteiger partial charge is 0.246 e. The van der Waals surface area contributed by atoms with Crippen LogP contribution in [0.5, 0.6) is 5.75 Å². The standard InChI is InChI=1S/C21H21F2N3O5S/c1-26(2)32(28,29)19-11-14(5-7-17(19)30-3)25-20(27)8-9-21-24-12-18(31-21)15-6-4-13(22)10-16(15)23/h4-7,10-12H,8-9H2,1-3H3,(H,25,27). The minimum absolute atomic E-state index is 0.0202. The lowest BCUT2D eigenvalue weighted by Gasteiger charge is -2.15. The van der Waals surface area contributed by atoms with Crippen molar-refractivity contribution in [1.82, 2.24) is 9.29 Å². The molecular weight excluding hydrogens is 444 g/mol. The number of nitrogens with zero attached hydrogens (tertiary/aromatic N) is 2. The number of sulfonamides is 1. The lowest BCUT2D eigenvalue weighted by atomic mass is 10.2. The molecule has 8 nitrogen and oxygen atoms in total. The van der Waals surface area contributed by atoms with Gasteiger partial charge in [0.2, 0.25) is 15.9 Å². The number of hydrogen-bond acceptors (Lipinski definition) is 6. The molecule has 0 aliphatic rings. The number of benzene rings is 2. The Morgan fingerprint density at radius 2 is 1.94 bits per heavy atom. The summed E-state index contributed by atoms with van der Waals surface area (Å²) in [4.78, 5) is 16.3. The van der Waals surface area contributed by atoms with Gasteiger partial charge in [0.25, 0.3) is 0 Å². The van der Waals surface area contributed by atoms with Crippen LogP contribution in [0, 0.1) is 11.6 Å². The summed E-state index contributed by atoms with van der Waals surface area (Å²) in [6.07, 6.45) is 1.40. The quantitative estimate of drug-likeness (QED) is 0.547. The minimum Gasteiger partial charge on any atom is -0.495 e. The van der Waals surface area contributed by atoms with E-state index in [4.69, 9.17) is 9.15 Å². The molecule has 170 valence electrons. The molecule has 1 N–H and O–H groups in total. The Bertz CT molecular complexity index is 1240. The van der Waals surface area contributed by atoms with Crippen molar-refractivity contribution in [2.75, 3.05) is 26.5 Å². The molecule has 1 aromatic heterocycles. The zero-order valence-electron chi connectivity index (χ0n) is 17.6. The van der Waals surface area contributed by atoms with Crippen molar-refractivity contribution in [1.29, 1.82) is 0 Å². The molecule has 3 aromatic rings. The SMILES string of the molecule is COc1ccc(NC(=O)CCc2ncc(-c3ccc(F)cc3F)o2)cc1S(=O)(=O)N(C)C. The predicted octanol–water partition coefficient (Wildman–Crippen LogP) is 3.45. The van der Waals surface area contributed by atoms with Gasteiger partial charge in [-0.15, -0.1) is 0 Å². The zero-order valence-corrected chi connectivity index (χ0v) is 18.4. The number of amides is 1. The first kappa shape index (κ1) is 23.4. The highest BCUT2D eigenvalue weighted by Crippen LogP contribution is 2.29. The molecular formula is C21H21F2N3O5S. The van der Waals surface area contributed by atoms with Gasteiger partial charge < -0.3 is 14.5 Å². The fraction of sp³-hybridized carbons (Fsp3) is 0.238. The number of methoxy groups -OCH3 is 1. The molecule has 0 bridgehead atoms. The number of hydrogen-bond donors (Lipinski definition) is 1. The highest BCUT2D eigenvalue weighted by molar-refractivity contribution is 7.89. The molecule has 32 heavy (non-hydrogen) atoms. The second kappa shape index (κ2) is 9.45. The summed E-state index contributed by atoms with van der Waals surface area (Å²) in [5.74, 6) is -1.43. The number of aromatic nitrogens is 1. The van der Waals surface area contributed by atoms with Crippen LogP contribution in [0.4, 0.5) is 14.5 Å². The first-order chi connectivity index (χ1) is 15.1. The Morgan fingerprint density at radius 3 is 2.59 bits per heavy atom. The molecule has 0 radical (unpaired) electrons. The molecule has 1 heterocycles. The fourth-order valence-electron chi connectivity index (χ4n) is 2.84. The number of anilines is 1. The van der Waals surface area contributed by atoms with Gasteiger partial charge in [0.05, 0.1) is 18.9 Å². The molecule has 0 saturated carbocycles. The molecule has 0 unspecified atom stereocenters. The molecule has 11 heteroatoms. The van der Waals surface area contributed by atoms with Gasteiger partial charge in [0, 0.05) is 38.7 Å². The van der Waals surface area contributed by atoms with E-state index in [2.05, 4.69) is 10.3 Å². The number of halogens is 2. The van der Waals surface area contributed by atoms with Crippen molar-refractivity contribution in [3.8, 4) is 17.1 Å². The molecule has 0 spiro atoms. The van der Waals surface area contributed by atoms with Crippen LogP contribution in [0.15, 0.2) is 51.9 Å². The average molecular weight is 465 g/mol. The highest BCUT2D eigenvalue weighted by Gasteiger charge is 2.23. The molecule has 2 aromatic carbocycles. The van der Waals surface area contributed by atoms with E-state index in [-0.39, 0.29) is 46.4 Å². The van der Waals surface area contributed by atoms with E-state index in [9.17, 15) is 22.0 Å². The van der Waals surface area contributed by atoms with Crippen molar-refractivity contribution in [2.45, 2.75) is 17.7 Å². The Labute approximate surface area is 183 Å². The van der Waals surface area contributed by atoms with Crippen LogP contribution >= 0.6 is 0 Å². The lowest BCUT2D eigenvalue weighted by molar-refractivity contribution is -0.116. The predicted molar refractivity (Wildman–Crippen MR) is 113 cm³/mol. The summed E-state index contributed by atoms with van der Waals surface area (Å²) >= 11 is 0. The van der Waals surface area contributed by atoms with Crippen LogP contribution in [-0.4, -0.2) is 44.8 Å². The van der Waals surface area contributed by atoms with Crippen molar-refractivity contribution in [2.24, 2.45) is 0 Å². The number of rotatable bonds is 8. The van der Waals surface area contributed by atoms with E-state index in [1.54, 1.807) is 0 Å². The van der Waals surface area contributed by atoms with E-state index in [0.717, 1.165) is 16.4 Å². The van der Waals surface area contributed by atoms with Gasteiger partial charge in [0.1, 0.15) is 22.3 Å². The van der Waals surface area contributed by atoms with Crippen LogP contribution in [0.1, 0.15) is 12.3 Å². The van der Waals surface area contributed by atoms with Crippen LogP contribution < -0.4 is 10.1 Å². The van der Waals surface area contributed by atoms with Gasteiger partial charge >= 0.3 is 0 Å². The summed E-state index contributed by atoms with van der Waals surface area (Å²) < 4.78 is 63.5. The van der Waals surface area contributed by atoms with Gasteiger partial charge in [-0.3, -0.25) is 4.79 Å². The number of oxazole rings is 1. The van der Waals surface area contributed by atoms with Crippen LogP contribution in [-0.2, 0) is 21.2 Å². The Kier molecular flexibility index (Phi) is 6.90. The lowest BCUT2D eigenvalue weighted by Crippen LogP contribution is -2.23. The second-order valence-electron chi connectivity index (χ2n) is 6.94. The monoisotopic (exact) mass is 465 g/mol. The number of aryl methyl sites for hydroxylation is 1. The van der Waals surface area contributed by atoms with Gasteiger partial charge in [-0.05, 0) is 30.3 Å². The highest BCUT2D eigenvalue weighted by atomic mass is 32.2. The third kappa shape index (κ3) is 5.11. The molecule has 1 amide bonds. The third-order valence-electron chi connectivity index (χ3n) is 4.52. The first-order valence-electron chi connectivity index (χ1n) is 9.42. The number of carbonyl (C=O) groups is 1. The number of nitrogens with one attached hydrogen (secondary N) is 1. The van der Waals surface area contributed by atoms with Crippen molar-refractivity contribution < 1.29 is 31.1 Å². The minimum atomic E-state index is -3.79. The fourth-order valence-corrected chi connectivity index (χ4v) is 3.91. The number of carbonyl (C=O) groups excluding carboxylic acids is 1. The first-order valence-corrected chi connectivity index (χ1v) is 10.9. The second-order valence-corrected chi connectivity index (χ2v) is 9.06. The largest absolute Gasteiger partial charge is 0.495 e. The van der Waals surface area contributed by atoms with Gasteiger partial charge in [-0.1, -0.05) is 0 Å². The van der Waals surface area contributed by atoms with E-state index in [1.165, 1.54) is 51.7 Å². The van der Waals surface area contributed by atoms with Crippen LogP contribution in [0.3, 0.4) is 0 Å². The Hall–Kier alpha value is -3.31. The Morgan fingerprint density at radius 1 is 1.19 bits per heavy atom. The maximum absolute atomic E-state index is 13.9. The van der Waals surface area contributed by atoms with Crippen molar-refractivity contribution in [3.63, 3.8) is 0 Å². The zero-order chi connectivity index (χ0) is 23.5. The normalized spacial score (nSPS) is 11.6. The van der Waals surface area contributed by atoms with E-state index in [1.807, 2.05) is 0 Å². The topological polar surface area (TPSA) is 102 Å². The van der Waals surface area contributed by atoms with E-state index in [0.29, 0.717) is 0 Å². The summed E-state index contributed by atoms with van der Waals surface area (Å²) in [5, 5.41) is 2.62. The number of ether oxygens (including phenoxy) is 1. The van der Waals surface area contributed by atoms with Gasteiger partial charge in [-0.2, -0.15) is 0 Å². The van der Waals surface area contributed by atoms with Gasteiger partial charge in [-0.25, -0.2) is 26.5 Å². The molecule has 0 saturated heterocycles. The maximum atomic E-state index is 13.9. The Balaban J connectivity index is 1.68. The van der Waals surface area contributed by atoms with E-state index >= 15 is 0 Å². The summed E-state index contributed by atoms with van der Waals surface area (Å²) in [5.41, 5.74) is 0.333. The van der Waals surface area contributed by atoms with Crippen molar-refractivity contribution in [3.05, 3.63) is 60.1 Å². The average Bonchev–Trinajstić information content (AvgIpc) is 3.20. The van der Waals surface area contributed by atoms with Crippen LogP contribution in [0.2, 0.25) is 0 Å². The summed E-state index contributed by atoms with van der Waals surface area (Å²) in [7, 11) is 0.349. The molecule has 0 aliphatic heterocycles. The van der Waals surface area contributed by atoms with E-state index < -0.39 is 27.6 Å². The summed E-state index contributed by atoms with van der Waals surface area (Å²) in [6.45, 7) is 0. The summed E-state index contributed by atoms with van der Waals surface area (Å²) in [6, 6.07) is 7.37. The van der Waals surface area contributed by atoms with Crippen LogP contribution in [0.25, 0.3) is 11.3 Å². The molecule has 0 atom stereocenters. The molecule has 3 rings (SSSR count). The molecule has 0 fully saturated rings. The third-order valence-corrected chi connectivity index (χ3v) is 6.36. The maximum Gasteiger partial charge on any atom is 0.246 e.